The van der Waals surface area contributed by atoms with Gasteiger partial charge in [0.15, 0.2) is 0 Å². The Morgan fingerprint density at radius 1 is 1.35 bits per heavy atom. The molecular formula is C16H15ClN2O. The van der Waals surface area contributed by atoms with Crippen molar-refractivity contribution in [3.63, 3.8) is 0 Å². The maximum Gasteiger partial charge on any atom is 0.269 e. The third-order valence-corrected chi connectivity index (χ3v) is 3.24. The van der Waals surface area contributed by atoms with Gasteiger partial charge in [0.2, 0.25) is 0 Å². The highest BCUT2D eigenvalue weighted by Crippen LogP contribution is 2.22. The molecule has 0 atom stereocenters. The molecule has 0 saturated heterocycles. The topological polar surface area (TPSA) is 42.0 Å². The number of aromatic nitrogens is 1. The molecule has 0 aliphatic carbocycles. The Morgan fingerprint density at radius 3 is 2.95 bits per heavy atom. The van der Waals surface area contributed by atoms with Crippen LogP contribution in [0.25, 0.3) is 10.9 Å². The van der Waals surface area contributed by atoms with Gasteiger partial charge >= 0.3 is 0 Å². The second kappa shape index (κ2) is 6.93. The largest absolute Gasteiger partial charge is 0.351 e. The highest BCUT2D eigenvalue weighted by molar-refractivity contribution is 6.35. The van der Waals surface area contributed by atoms with Gasteiger partial charge in [-0.3, -0.25) is 4.79 Å². The molecule has 0 unspecified atom stereocenters. The van der Waals surface area contributed by atoms with Crippen molar-refractivity contribution in [1.82, 2.24) is 10.3 Å². The summed E-state index contributed by atoms with van der Waals surface area (Å²) in [5, 5.41) is 4.20. The molecule has 1 heterocycles. The summed E-state index contributed by atoms with van der Waals surface area (Å²) in [5.41, 5.74) is 1.06. The Bertz CT molecular complexity index is 661. The highest BCUT2D eigenvalue weighted by Gasteiger charge is 2.10. The number of benzene rings is 1. The summed E-state index contributed by atoms with van der Waals surface area (Å²) < 4.78 is 0. The van der Waals surface area contributed by atoms with Crippen molar-refractivity contribution in [2.75, 3.05) is 6.54 Å². The molecule has 2 aromatic rings. The van der Waals surface area contributed by atoms with Crippen molar-refractivity contribution in [3.05, 3.63) is 41.0 Å². The predicted molar refractivity (Wildman–Crippen MR) is 81.8 cm³/mol. The van der Waals surface area contributed by atoms with Crippen LogP contribution in [0.5, 0.6) is 0 Å². The molecule has 0 aliphatic rings. The molecule has 0 spiro atoms. The van der Waals surface area contributed by atoms with Gasteiger partial charge in [0, 0.05) is 18.4 Å². The van der Waals surface area contributed by atoms with E-state index < -0.39 is 0 Å². The van der Waals surface area contributed by atoms with E-state index >= 15 is 0 Å². The van der Waals surface area contributed by atoms with E-state index in [2.05, 4.69) is 16.2 Å². The molecule has 1 aromatic heterocycles. The number of hydrogen-bond donors (Lipinski definition) is 1. The molecule has 20 heavy (non-hydrogen) atoms. The number of amides is 1. The molecule has 0 aliphatic heterocycles. The molecule has 1 N–H and O–H groups in total. The van der Waals surface area contributed by atoms with Crippen LogP contribution in [-0.4, -0.2) is 17.4 Å². The average Bonchev–Trinajstić information content (AvgIpc) is 2.47. The van der Waals surface area contributed by atoms with Crippen LogP contribution in [0.4, 0.5) is 0 Å². The zero-order valence-corrected chi connectivity index (χ0v) is 11.8. The van der Waals surface area contributed by atoms with Crippen LogP contribution in [0.2, 0.25) is 5.02 Å². The number of nitrogens with one attached hydrogen (secondary N) is 1. The molecule has 102 valence electrons. The SMILES string of the molecule is C#CCCCCNC(=O)c1cc(Cl)c2ccccc2n1. The lowest BCUT2D eigenvalue weighted by molar-refractivity contribution is 0.0948. The Balaban J connectivity index is 2.05. The Hall–Kier alpha value is -2.05. The molecule has 0 saturated carbocycles. The maximum absolute atomic E-state index is 12.0. The summed E-state index contributed by atoms with van der Waals surface area (Å²) in [7, 11) is 0. The molecule has 1 aromatic carbocycles. The van der Waals surface area contributed by atoms with Gasteiger partial charge in [0.1, 0.15) is 5.69 Å². The van der Waals surface area contributed by atoms with Gasteiger partial charge < -0.3 is 5.32 Å². The summed E-state index contributed by atoms with van der Waals surface area (Å²) in [6, 6.07) is 9.08. The number of carbonyl (C=O) groups excluding carboxylic acids is 1. The van der Waals surface area contributed by atoms with E-state index in [1.165, 1.54) is 0 Å². The summed E-state index contributed by atoms with van der Waals surface area (Å²) in [6.45, 7) is 0.590. The highest BCUT2D eigenvalue weighted by atomic mass is 35.5. The Labute approximate surface area is 123 Å². The summed E-state index contributed by atoms with van der Waals surface area (Å²) >= 11 is 6.17. The number of carbonyl (C=O) groups is 1. The van der Waals surface area contributed by atoms with E-state index in [1.807, 2.05) is 24.3 Å². The van der Waals surface area contributed by atoms with Crippen molar-refractivity contribution in [3.8, 4) is 12.3 Å². The zero-order chi connectivity index (χ0) is 14.4. The number of unbranched alkanes of at least 4 members (excludes halogenated alkanes) is 2. The number of nitrogens with zero attached hydrogens (tertiary/aromatic N) is 1. The summed E-state index contributed by atoms with van der Waals surface area (Å²) in [6.07, 6.45) is 7.66. The van der Waals surface area contributed by atoms with Crippen LogP contribution in [0.1, 0.15) is 29.8 Å². The van der Waals surface area contributed by atoms with E-state index in [4.69, 9.17) is 18.0 Å². The second-order valence-corrected chi connectivity index (χ2v) is 4.83. The van der Waals surface area contributed by atoms with E-state index in [1.54, 1.807) is 6.07 Å². The third kappa shape index (κ3) is 3.49. The number of hydrogen-bond acceptors (Lipinski definition) is 2. The average molecular weight is 287 g/mol. The first-order valence-corrected chi connectivity index (χ1v) is 6.87. The maximum atomic E-state index is 12.0. The first-order chi connectivity index (χ1) is 9.72. The lowest BCUT2D eigenvalue weighted by Gasteiger charge is -2.06. The van der Waals surface area contributed by atoms with Crippen molar-refractivity contribution < 1.29 is 4.79 Å². The quantitative estimate of drug-likeness (QED) is 0.676. The Morgan fingerprint density at radius 2 is 2.15 bits per heavy atom. The van der Waals surface area contributed by atoms with Crippen LogP contribution in [-0.2, 0) is 0 Å². The minimum absolute atomic E-state index is 0.210. The van der Waals surface area contributed by atoms with Gasteiger partial charge in [-0.1, -0.05) is 29.8 Å². The number of rotatable bonds is 5. The standard InChI is InChI=1S/C16H15ClN2O/c1-2-3-4-7-10-18-16(20)15-11-13(17)12-8-5-6-9-14(12)19-15/h1,5-6,8-9,11H,3-4,7,10H2,(H,18,20). The van der Waals surface area contributed by atoms with Crippen LogP contribution in [0.15, 0.2) is 30.3 Å². The normalized spacial score (nSPS) is 10.2. The fourth-order valence-corrected chi connectivity index (χ4v) is 2.16. The molecule has 0 fully saturated rings. The first-order valence-electron chi connectivity index (χ1n) is 6.49. The monoisotopic (exact) mass is 286 g/mol. The van der Waals surface area contributed by atoms with E-state index in [9.17, 15) is 4.79 Å². The molecule has 4 heteroatoms. The lowest BCUT2D eigenvalue weighted by atomic mass is 10.2. The number of para-hydroxylation sites is 1. The molecular weight excluding hydrogens is 272 g/mol. The smallest absolute Gasteiger partial charge is 0.269 e. The van der Waals surface area contributed by atoms with Gasteiger partial charge in [-0.15, -0.1) is 12.3 Å². The third-order valence-electron chi connectivity index (χ3n) is 2.93. The minimum atomic E-state index is -0.210. The van der Waals surface area contributed by atoms with Crippen molar-refractivity contribution in [1.29, 1.82) is 0 Å². The van der Waals surface area contributed by atoms with Crippen LogP contribution in [0, 0.1) is 12.3 Å². The first kappa shape index (κ1) is 14.4. The number of pyridine rings is 1. The number of terminal acetylenes is 1. The van der Waals surface area contributed by atoms with Crippen molar-refractivity contribution >= 4 is 28.4 Å². The van der Waals surface area contributed by atoms with Crippen LogP contribution < -0.4 is 5.32 Å². The van der Waals surface area contributed by atoms with E-state index in [0.29, 0.717) is 17.3 Å². The van der Waals surface area contributed by atoms with Crippen LogP contribution >= 0.6 is 11.6 Å². The zero-order valence-electron chi connectivity index (χ0n) is 11.0. The minimum Gasteiger partial charge on any atom is -0.351 e. The van der Waals surface area contributed by atoms with Crippen molar-refractivity contribution in [2.45, 2.75) is 19.3 Å². The number of fused-ring (bicyclic) bond motifs is 1. The van der Waals surface area contributed by atoms with Gasteiger partial charge in [-0.2, -0.15) is 0 Å². The van der Waals surface area contributed by atoms with Gasteiger partial charge in [-0.25, -0.2) is 4.98 Å². The van der Waals surface area contributed by atoms with Gasteiger partial charge in [0.25, 0.3) is 5.91 Å². The van der Waals surface area contributed by atoms with Gasteiger partial charge in [0.05, 0.1) is 10.5 Å². The second-order valence-electron chi connectivity index (χ2n) is 4.42. The fraction of sp³-hybridized carbons (Fsp3) is 0.250. The fourth-order valence-electron chi connectivity index (χ4n) is 1.89. The molecule has 0 bridgehead atoms. The predicted octanol–water partition coefficient (Wildman–Crippen LogP) is 3.42. The molecule has 3 nitrogen and oxygen atoms in total. The Kier molecular flexibility index (Phi) is 4.97. The molecule has 2 rings (SSSR count). The lowest BCUT2D eigenvalue weighted by Crippen LogP contribution is -2.25. The van der Waals surface area contributed by atoms with Crippen LogP contribution in [0.3, 0.4) is 0 Å². The summed E-state index contributed by atoms with van der Waals surface area (Å²) in [5.74, 6) is 2.36. The molecule has 1 amide bonds. The van der Waals surface area contributed by atoms with Crippen molar-refractivity contribution in [2.24, 2.45) is 0 Å². The van der Waals surface area contributed by atoms with Gasteiger partial charge in [-0.05, 0) is 25.0 Å². The molecule has 0 radical (unpaired) electrons. The number of halogens is 1. The summed E-state index contributed by atoms with van der Waals surface area (Å²) in [4.78, 5) is 16.3. The van der Waals surface area contributed by atoms with E-state index in [-0.39, 0.29) is 5.91 Å². The van der Waals surface area contributed by atoms with E-state index in [0.717, 1.165) is 30.2 Å².